The third-order valence-electron chi connectivity index (χ3n) is 4.37. The molecule has 1 aliphatic carbocycles. The zero-order valence-corrected chi connectivity index (χ0v) is 11.8. The molecule has 1 aromatic rings. The van der Waals surface area contributed by atoms with Crippen LogP contribution in [0.15, 0.2) is 0 Å². The van der Waals surface area contributed by atoms with E-state index in [9.17, 15) is 5.26 Å². The van der Waals surface area contributed by atoms with Gasteiger partial charge in [-0.1, -0.05) is 13.8 Å². The van der Waals surface area contributed by atoms with Gasteiger partial charge in [0.15, 0.2) is 0 Å². The first kappa shape index (κ1) is 12.2. The minimum Gasteiger partial charge on any atom is -0.349 e. The SMILES string of the molecule is CCn1c(C)c2c(c1C)C(C)(C#N)CC2(C)C. The van der Waals surface area contributed by atoms with E-state index in [1.165, 1.54) is 22.5 Å². The smallest absolute Gasteiger partial charge is 0.0822 e. The van der Waals surface area contributed by atoms with Crippen molar-refractivity contribution in [3.8, 4) is 6.07 Å². The minimum absolute atomic E-state index is 0.120. The van der Waals surface area contributed by atoms with Crippen LogP contribution in [0.4, 0.5) is 0 Å². The number of nitriles is 1. The Balaban J connectivity index is 2.83. The van der Waals surface area contributed by atoms with Crippen LogP contribution in [0, 0.1) is 25.2 Å². The average molecular weight is 230 g/mol. The summed E-state index contributed by atoms with van der Waals surface area (Å²) in [6.45, 7) is 14.1. The minimum atomic E-state index is -0.311. The second kappa shape index (κ2) is 3.38. The van der Waals surface area contributed by atoms with Gasteiger partial charge < -0.3 is 4.57 Å². The first-order chi connectivity index (χ1) is 7.78. The van der Waals surface area contributed by atoms with Crippen LogP contribution in [-0.2, 0) is 17.4 Å². The first-order valence-electron chi connectivity index (χ1n) is 6.40. The Hall–Kier alpha value is -1.23. The highest BCUT2D eigenvalue weighted by Crippen LogP contribution is 2.52. The fourth-order valence-electron chi connectivity index (χ4n) is 4.02. The molecule has 2 nitrogen and oxygen atoms in total. The Kier molecular flexibility index (Phi) is 2.43. The largest absolute Gasteiger partial charge is 0.349 e. The van der Waals surface area contributed by atoms with E-state index in [-0.39, 0.29) is 10.8 Å². The normalized spacial score (nSPS) is 25.7. The molecule has 0 saturated carbocycles. The molecular formula is C15H22N2. The first-order valence-corrected chi connectivity index (χ1v) is 6.40. The van der Waals surface area contributed by atoms with Crippen LogP contribution in [0.5, 0.6) is 0 Å². The molecule has 0 bridgehead atoms. The van der Waals surface area contributed by atoms with E-state index in [2.05, 4.69) is 52.2 Å². The number of hydrogen-bond acceptors (Lipinski definition) is 1. The summed E-state index contributed by atoms with van der Waals surface area (Å²) in [4.78, 5) is 0. The standard InChI is InChI=1S/C15H22N2/c1-7-17-10(2)12-13(11(17)3)15(6,9-16)8-14(12,4)5/h7-8H2,1-6H3. The maximum Gasteiger partial charge on any atom is 0.0822 e. The van der Waals surface area contributed by atoms with Crippen molar-refractivity contribution < 1.29 is 0 Å². The Bertz CT molecular complexity index is 514. The number of rotatable bonds is 1. The number of aromatic nitrogens is 1. The average Bonchev–Trinajstić information content (AvgIpc) is 2.61. The Labute approximate surface area is 104 Å². The van der Waals surface area contributed by atoms with Crippen molar-refractivity contribution in [1.29, 1.82) is 5.26 Å². The van der Waals surface area contributed by atoms with Gasteiger partial charge in [-0.15, -0.1) is 0 Å². The Morgan fingerprint density at radius 1 is 1.18 bits per heavy atom. The molecule has 2 rings (SSSR count). The monoisotopic (exact) mass is 230 g/mol. The summed E-state index contributed by atoms with van der Waals surface area (Å²) >= 11 is 0. The van der Waals surface area contributed by atoms with Crippen molar-refractivity contribution in [2.45, 2.75) is 65.3 Å². The molecule has 1 aliphatic rings. The second-order valence-electron chi connectivity index (χ2n) is 6.17. The van der Waals surface area contributed by atoms with Crippen molar-refractivity contribution in [2.75, 3.05) is 0 Å². The van der Waals surface area contributed by atoms with Crippen LogP contribution in [0.25, 0.3) is 0 Å². The summed E-state index contributed by atoms with van der Waals surface area (Å²) < 4.78 is 2.35. The lowest BCUT2D eigenvalue weighted by atomic mass is 9.80. The molecule has 0 aromatic carbocycles. The fraction of sp³-hybridized carbons (Fsp3) is 0.667. The molecule has 0 aliphatic heterocycles. The molecule has 1 unspecified atom stereocenters. The van der Waals surface area contributed by atoms with E-state index in [1.54, 1.807) is 0 Å². The van der Waals surface area contributed by atoms with Crippen LogP contribution < -0.4 is 0 Å². The predicted molar refractivity (Wildman–Crippen MR) is 70.2 cm³/mol. The maximum atomic E-state index is 9.54. The van der Waals surface area contributed by atoms with E-state index in [0.717, 1.165) is 13.0 Å². The summed E-state index contributed by atoms with van der Waals surface area (Å²) in [6.07, 6.45) is 0.938. The van der Waals surface area contributed by atoms with Crippen LogP contribution in [0.2, 0.25) is 0 Å². The van der Waals surface area contributed by atoms with Crippen LogP contribution >= 0.6 is 0 Å². The molecule has 0 radical (unpaired) electrons. The summed E-state index contributed by atoms with van der Waals surface area (Å²) in [5.74, 6) is 0. The van der Waals surface area contributed by atoms with Gasteiger partial charge in [0.25, 0.3) is 0 Å². The van der Waals surface area contributed by atoms with Crippen LogP contribution in [0.3, 0.4) is 0 Å². The highest BCUT2D eigenvalue weighted by atomic mass is 15.0. The molecule has 0 N–H and O–H groups in total. The van der Waals surface area contributed by atoms with Gasteiger partial charge >= 0.3 is 0 Å². The van der Waals surface area contributed by atoms with Crippen molar-refractivity contribution in [1.82, 2.24) is 4.57 Å². The van der Waals surface area contributed by atoms with Crippen LogP contribution in [-0.4, -0.2) is 4.57 Å². The van der Waals surface area contributed by atoms with E-state index in [0.29, 0.717) is 0 Å². The van der Waals surface area contributed by atoms with Gasteiger partial charge in [-0.3, -0.25) is 0 Å². The topological polar surface area (TPSA) is 28.7 Å². The predicted octanol–water partition coefficient (Wildman–Crippen LogP) is 3.59. The van der Waals surface area contributed by atoms with Gasteiger partial charge in [-0.25, -0.2) is 0 Å². The zero-order valence-electron chi connectivity index (χ0n) is 11.8. The molecule has 1 aromatic heterocycles. The molecule has 0 amide bonds. The molecule has 2 heteroatoms. The molecule has 0 saturated heterocycles. The van der Waals surface area contributed by atoms with Gasteiger partial charge in [-0.2, -0.15) is 5.26 Å². The lowest BCUT2D eigenvalue weighted by Crippen LogP contribution is -2.22. The molecule has 1 atom stereocenters. The van der Waals surface area contributed by atoms with Crippen molar-refractivity contribution in [3.63, 3.8) is 0 Å². The number of nitrogens with zero attached hydrogens (tertiary/aromatic N) is 2. The highest BCUT2D eigenvalue weighted by molar-refractivity contribution is 5.54. The van der Waals surface area contributed by atoms with E-state index in [4.69, 9.17) is 0 Å². The van der Waals surface area contributed by atoms with E-state index < -0.39 is 0 Å². The summed E-state index contributed by atoms with van der Waals surface area (Å²) in [6, 6.07) is 2.54. The van der Waals surface area contributed by atoms with E-state index >= 15 is 0 Å². The van der Waals surface area contributed by atoms with Crippen molar-refractivity contribution in [3.05, 3.63) is 22.5 Å². The quantitative estimate of drug-likeness (QED) is 0.724. The lowest BCUT2D eigenvalue weighted by Gasteiger charge is -2.24. The lowest BCUT2D eigenvalue weighted by molar-refractivity contribution is 0.432. The van der Waals surface area contributed by atoms with Gasteiger partial charge in [0.05, 0.1) is 11.5 Å². The molecular weight excluding hydrogens is 208 g/mol. The van der Waals surface area contributed by atoms with Crippen molar-refractivity contribution in [2.24, 2.45) is 0 Å². The van der Waals surface area contributed by atoms with Gasteiger partial charge in [0.1, 0.15) is 0 Å². The number of hydrogen-bond donors (Lipinski definition) is 0. The van der Waals surface area contributed by atoms with Gasteiger partial charge in [0, 0.05) is 17.9 Å². The van der Waals surface area contributed by atoms with Gasteiger partial charge in [-0.05, 0) is 50.7 Å². The molecule has 92 valence electrons. The number of fused-ring (bicyclic) bond motifs is 1. The maximum absolute atomic E-state index is 9.54. The second-order valence-corrected chi connectivity index (χ2v) is 6.17. The van der Waals surface area contributed by atoms with E-state index in [1.807, 2.05) is 0 Å². The highest BCUT2D eigenvalue weighted by Gasteiger charge is 2.48. The summed E-state index contributed by atoms with van der Waals surface area (Å²) in [5.41, 5.74) is 5.16. The Morgan fingerprint density at radius 3 is 2.18 bits per heavy atom. The van der Waals surface area contributed by atoms with Gasteiger partial charge in [0.2, 0.25) is 0 Å². The fourth-order valence-corrected chi connectivity index (χ4v) is 4.02. The summed E-state index contributed by atoms with van der Waals surface area (Å²) in [7, 11) is 0. The third kappa shape index (κ3) is 1.38. The zero-order chi connectivity index (χ0) is 13.0. The van der Waals surface area contributed by atoms with Crippen molar-refractivity contribution >= 4 is 0 Å². The van der Waals surface area contributed by atoms with Crippen LogP contribution in [0.1, 0.15) is 56.6 Å². The molecule has 17 heavy (non-hydrogen) atoms. The summed E-state index contributed by atoms with van der Waals surface area (Å²) in [5, 5.41) is 9.54. The Morgan fingerprint density at radius 2 is 1.71 bits per heavy atom. The molecule has 1 heterocycles. The third-order valence-corrected chi connectivity index (χ3v) is 4.37. The molecule has 0 fully saturated rings. The molecule has 0 spiro atoms.